The van der Waals surface area contributed by atoms with E-state index in [1.54, 1.807) is 6.92 Å². The summed E-state index contributed by atoms with van der Waals surface area (Å²) >= 11 is 0. The minimum absolute atomic E-state index is 0.000547. The average Bonchev–Trinajstić information content (AvgIpc) is 2.70. The van der Waals surface area contributed by atoms with Crippen molar-refractivity contribution in [3.05, 3.63) is 12.2 Å². The number of carbonyl (C=O) groups excluding carboxylic acids is 2. The molecule has 2 aliphatic rings. The molecule has 2 saturated carbocycles. The van der Waals surface area contributed by atoms with Gasteiger partial charge in [-0.25, -0.2) is 4.79 Å². The molecule has 2 aliphatic carbocycles. The van der Waals surface area contributed by atoms with E-state index in [2.05, 4.69) is 11.4 Å². The summed E-state index contributed by atoms with van der Waals surface area (Å²) < 4.78 is 11.1. The lowest BCUT2D eigenvalue weighted by molar-refractivity contribution is -0.150. The van der Waals surface area contributed by atoms with Crippen LogP contribution in [0.3, 0.4) is 0 Å². The van der Waals surface area contributed by atoms with Crippen LogP contribution in [0.1, 0.15) is 71.1 Å². The second-order valence-corrected chi connectivity index (χ2v) is 8.08. The molecule has 0 amide bonds. The van der Waals surface area contributed by atoms with Gasteiger partial charge in [-0.15, -0.1) is 0 Å². The molecule has 0 bridgehead atoms. The zero-order valence-electron chi connectivity index (χ0n) is 16.6. The molecule has 0 aromatic heterocycles. The van der Waals surface area contributed by atoms with Crippen LogP contribution in [0.15, 0.2) is 12.2 Å². The summed E-state index contributed by atoms with van der Waals surface area (Å²) in [6, 6.07) is 0. The Hall–Kier alpha value is -1.40. The number of hydrogen-bond donors (Lipinski definition) is 1. The van der Waals surface area contributed by atoms with Crippen LogP contribution < -0.4 is 5.90 Å². The van der Waals surface area contributed by atoms with Crippen molar-refractivity contribution < 1.29 is 23.9 Å². The van der Waals surface area contributed by atoms with Crippen molar-refractivity contribution in [2.75, 3.05) is 13.2 Å². The Labute approximate surface area is 162 Å². The molecular weight excluding hydrogens is 346 g/mol. The van der Waals surface area contributed by atoms with Crippen molar-refractivity contribution in [1.29, 1.82) is 0 Å². The van der Waals surface area contributed by atoms with Crippen molar-refractivity contribution in [2.45, 2.75) is 77.2 Å². The second kappa shape index (κ2) is 11.4. The third-order valence-electron chi connectivity index (χ3n) is 6.08. The van der Waals surface area contributed by atoms with E-state index in [4.69, 9.17) is 15.4 Å². The lowest BCUT2D eigenvalue weighted by Gasteiger charge is -2.37. The highest BCUT2D eigenvalue weighted by molar-refractivity contribution is 5.86. The maximum atomic E-state index is 11.5. The first-order valence-electron chi connectivity index (χ1n) is 10.4. The van der Waals surface area contributed by atoms with Gasteiger partial charge >= 0.3 is 11.9 Å². The fraction of sp³-hybridized carbons (Fsp3) is 0.810. The van der Waals surface area contributed by atoms with Crippen molar-refractivity contribution in [3.8, 4) is 0 Å². The summed E-state index contributed by atoms with van der Waals surface area (Å²) in [5.74, 6) is 5.93. The van der Waals surface area contributed by atoms with Crippen LogP contribution in [0, 0.1) is 17.8 Å². The quantitative estimate of drug-likeness (QED) is 0.284. The van der Waals surface area contributed by atoms with Gasteiger partial charge in [0.05, 0.1) is 18.6 Å². The van der Waals surface area contributed by atoms with E-state index in [-0.39, 0.29) is 17.9 Å². The smallest absolute Gasteiger partial charge is 0.333 e. The molecule has 27 heavy (non-hydrogen) atoms. The SMILES string of the molecule is C=C(C)C(=O)OCCCCOC1CCC(C2CCC(C(=O)ON)CC2)CC1. The van der Waals surface area contributed by atoms with E-state index in [0.717, 1.165) is 69.8 Å². The third-order valence-corrected chi connectivity index (χ3v) is 6.08. The zero-order valence-corrected chi connectivity index (χ0v) is 16.6. The van der Waals surface area contributed by atoms with Crippen molar-refractivity contribution in [3.63, 3.8) is 0 Å². The molecule has 0 radical (unpaired) electrons. The molecule has 6 heteroatoms. The Bertz CT molecular complexity index is 491. The lowest BCUT2D eigenvalue weighted by atomic mass is 9.70. The molecule has 2 fully saturated rings. The molecule has 0 saturated heterocycles. The number of ether oxygens (including phenoxy) is 2. The molecule has 6 nitrogen and oxygen atoms in total. The number of carbonyl (C=O) groups is 2. The predicted octanol–water partition coefficient (Wildman–Crippen LogP) is 3.68. The first-order chi connectivity index (χ1) is 13.0. The fourth-order valence-corrected chi connectivity index (χ4v) is 4.39. The molecule has 0 aromatic carbocycles. The van der Waals surface area contributed by atoms with E-state index in [1.165, 1.54) is 12.8 Å². The number of hydrogen-bond acceptors (Lipinski definition) is 6. The molecule has 0 aromatic rings. The van der Waals surface area contributed by atoms with E-state index in [0.29, 0.717) is 18.3 Å². The Kier molecular flexibility index (Phi) is 9.28. The monoisotopic (exact) mass is 381 g/mol. The molecular formula is C21H35NO5. The number of nitrogens with two attached hydrogens (primary N) is 1. The summed E-state index contributed by atoms with van der Waals surface area (Å²) in [5, 5.41) is 0. The van der Waals surface area contributed by atoms with Gasteiger partial charge in [-0.1, -0.05) is 6.58 Å². The molecule has 0 aliphatic heterocycles. The summed E-state index contributed by atoms with van der Waals surface area (Å²) in [4.78, 5) is 27.2. The Morgan fingerprint density at radius 1 is 0.926 bits per heavy atom. The molecule has 2 rings (SSSR count). The molecule has 0 unspecified atom stereocenters. The van der Waals surface area contributed by atoms with Gasteiger partial charge in [0.25, 0.3) is 0 Å². The zero-order chi connectivity index (χ0) is 19.6. The summed E-state index contributed by atoms with van der Waals surface area (Å²) in [7, 11) is 0. The standard InChI is InChI=1S/C21H35NO5/c1-15(2)20(23)26-14-4-3-13-25-19-11-9-17(10-12-19)16-5-7-18(8-6-16)21(24)27-22/h16-19H,1,3-14,22H2,2H3. The summed E-state index contributed by atoms with van der Waals surface area (Å²) in [6.45, 7) is 6.38. The number of unbranched alkanes of at least 4 members (excludes halogenated alkanes) is 1. The van der Waals surface area contributed by atoms with Gasteiger partial charge in [-0.05, 0) is 83.0 Å². The first-order valence-corrected chi connectivity index (χ1v) is 10.4. The van der Waals surface area contributed by atoms with Gasteiger partial charge in [0.2, 0.25) is 0 Å². The molecule has 0 heterocycles. The molecule has 0 atom stereocenters. The van der Waals surface area contributed by atoms with Gasteiger partial charge in [0, 0.05) is 12.2 Å². The van der Waals surface area contributed by atoms with Crippen LogP contribution in [0.2, 0.25) is 0 Å². The first kappa shape index (κ1) is 21.9. The maximum Gasteiger partial charge on any atom is 0.333 e. The van der Waals surface area contributed by atoms with Crippen LogP contribution in [-0.2, 0) is 23.9 Å². The molecule has 154 valence electrons. The predicted molar refractivity (Wildman–Crippen MR) is 102 cm³/mol. The number of esters is 1. The van der Waals surface area contributed by atoms with E-state index in [1.807, 2.05) is 0 Å². The molecule has 2 N–H and O–H groups in total. The van der Waals surface area contributed by atoms with Crippen molar-refractivity contribution in [2.24, 2.45) is 23.7 Å². The van der Waals surface area contributed by atoms with E-state index in [9.17, 15) is 9.59 Å². The maximum absolute atomic E-state index is 11.5. The Morgan fingerprint density at radius 3 is 2.04 bits per heavy atom. The van der Waals surface area contributed by atoms with E-state index >= 15 is 0 Å². The summed E-state index contributed by atoms with van der Waals surface area (Å²) in [6.07, 6.45) is 10.8. The van der Waals surface area contributed by atoms with Gasteiger partial charge in [0.1, 0.15) is 0 Å². The normalized spacial score (nSPS) is 28.4. The minimum Gasteiger partial charge on any atom is -0.462 e. The van der Waals surface area contributed by atoms with Crippen molar-refractivity contribution >= 4 is 11.9 Å². The molecule has 0 spiro atoms. The lowest BCUT2D eigenvalue weighted by Crippen LogP contribution is -2.31. The second-order valence-electron chi connectivity index (χ2n) is 8.08. The highest BCUT2D eigenvalue weighted by Crippen LogP contribution is 2.40. The average molecular weight is 382 g/mol. The van der Waals surface area contributed by atoms with Gasteiger partial charge < -0.3 is 14.3 Å². The number of rotatable bonds is 9. The van der Waals surface area contributed by atoms with Gasteiger partial charge in [-0.3, -0.25) is 4.79 Å². The van der Waals surface area contributed by atoms with E-state index < -0.39 is 0 Å². The van der Waals surface area contributed by atoms with Gasteiger partial charge in [-0.2, -0.15) is 5.90 Å². The third kappa shape index (κ3) is 7.26. The van der Waals surface area contributed by atoms with Crippen LogP contribution in [0.4, 0.5) is 0 Å². The minimum atomic E-state index is -0.316. The van der Waals surface area contributed by atoms with Crippen molar-refractivity contribution in [1.82, 2.24) is 0 Å². The Balaban J connectivity index is 1.52. The van der Waals surface area contributed by atoms with Crippen LogP contribution in [0.25, 0.3) is 0 Å². The van der Waals surface area contributed by atoms with Crippen LogP contribution >= 0.6 is 0 Å². The topological polar surface area (TPSA) is 87.8 Å². The largest absolute Gasteiger partial charge is 0.462 e. The highest BCUT2D eigenvalue weighted by atomic mass is 16.7. The van der Waals surface area contributed by atoms with Gasteiger partial charge in [0.15, 0.2) is 0 Å². The fourth-order valence-electron chi connectivity index (χ4n) is 4.39. The highest BCUT2D eigenvalue weighted by Gasteiger charge is 2.33. The summed E-state index contributed by atoms with van der Waals surface area (Å²) in [5.41, 5.74) is 0.441. The van der Waals surface area contributed by atoms with Crippen LogP contribution in [-0.4, -0.2) is 31.3 Å². The van der Waals surface area contributed by atoms with Crippen LogP contribution in [0.5, 0.6) is 0 Å². The Morgan fingerprint density at radius 2 is 1.48 bits per heavy atom.